The van der Waals surface area contributed by atoms with E-state index >= 15 is 0 Å². The van der Waals surface area contributed by atoms with Crippen LogP contribution in [0.1, 0.15) is 17.3 Å². The minimum absolute atomic E-state index is 0. The Morgan fingerprint density at radius 2 is 1.93 bits per heavy atom. The molecule has 7 nitrogen and oxygen atoms in total. The lowest BCUT2D eigenvalue weighted by atomic mass is 10.0. The third kappa shape index (κ3) is 7.13. The van der Waals surface area contributed by atoms with E-state index in [4.69, 9.17) is 9.47 Å². The Morgan fingerprint density at radius 3 is 2.55 bits per heavy atom. The fraction of sp³-hybridized carbons (Fsp3) is 0.429. The second kappa shape index (κ2) is 12.6. The van der Waals surface area contributed by atoms with Crippen LogP contribution in [0, 0.1) is 0 Å². The SMILES string of the molecule is CN=C(NCc1ccccn1)NCC(c1ccc(OC)cc1)N1CCOCC1.I. The van der Waals surface area contributed by atoms with Crippen LogP contribution in [0.15, 0.2) is 53.7 Å². The minimum atomic E-state index is 0. The molecule has 1 aromatic heterocycles. The van der Waals surface area contributed by atoms with Crippen LogP contribution in [0.4, 0.5) is 0 Å². The minimum Gasteiger partial charge on any atom is -0.497 e. The van der Waals surface area contributed by atoms with Gasteiger partial charge in [-0.05, 0) is 29.8 Å². The standard InChI is InChI=1S/C21H29N5O2.HI/c1-22-21(24-15-18-5-3-4-10-23-18)25-16-20(26-11-13-28-14-12-26)17-6-8-19(27-2)9-7-17;/h3-10,20H,11-16H2,1-2H3,(H2,22,24,25);1H. The first-order valence-electron chi connectivity index (χ1n) is 9.60. The van der Waals surface area contributed by atoms with Gasteiger partial charge in [0.1, 0.15) is 5.75 Å². The van der Waals surface area contributed by atoms with Crippen LogP contribution in [-0.4, -0.2) is 62.8 Å². The molecule has 158 valence electrons. The molecule has 2 aromatic rings. The third-order valence-corrected chi connectivity index (χ3v) is 4.84. The van der Waals surface area contributed by atoms with Crippen molar-refractivity contribution in [2.24, 2.45) is 4.99 Å². The maximum absolute atomic E-state index is 5.53. The van der Waals surface area contributed by atoms with E-state index in [1.54, 1.807) is 20.4 Å². The predicted octanol–water partition coefficient (Wildman–Crippen LogP) is 2.45. The molecule has 2 N–H and O–H groups in total. The lowest BCUT2D eigenvalue weighted by Crippen LogP contribution is -2.46. The van der Waals surface area contributed by atoms with Crippen molar-refractivity contribution in [3.63, 3.8) is 0 Å². The molecule has 0 spiro atoms. The van der Waals surface area contributed by atoms with E-state index in [1.807, 2.05) is 30.3 Å². The number of rotatable bonds is 7. The molecule has 1 aliphatic heterocycles. The second-order valence-electron chi connectivity index (χ2n) is 6.57. The highest BCUT2D eigenvalue weighted by Gasteiger charge is 2.23. The molecular formula is C21H30IN5O2. The van der Waals surface area contributed by atoms with E-state index in [0.717, 1.165) is 50.3 Å². The number of nitrogens with one attached hydrogen (secondary N) is 2. The number of aromatic nitrogens is 1. The molecule has 1 fully saturated rings. The summed E-state index contributed by atoms with van der Waals surface area (Å²) < 4.78 is 10.8. The molecule has 1 atom stereocenters. The summed E-state index contributed by atoms with van der Waals surface area (Å²) in [4.78, 5) is 11.1. The molecule has 0 radical (unpaired) electrons. The first kappa shape index (κ1) is 23.4. The first-order chi connectivity index (χ1) is 13.8. The summed E-state index contributed by atoms with van der Waals surface area (Å²) >= 11 is 0. The Balaban J connectivity index is 0.00000300. The smallest absolute Gasteiger partial charge is 0.191 e. The molecule has 1 saturated heterocycles. The molecule has 0 bridgehead atoms. The summed E-state index contributed by atoms with van der Waals surface area (Å²) in [5.41, 5.74) is 2.22. The Kier molecular flexibility index (Phi) is 10.2. The van der Waals surface area contributed by atoms with Gasteiger partial charge in [-0.2, -0.15) is 0 Å². The number of aliphatic imine (C=N–C) groups is 1. The van der Waals surface area contributed by atoms with Gasteiger partial charge in [-0.15, -0.1) is 24.0 Å². The van der Waals surface area contributed by atoms with Crippen LogP contribution in [0.3, 0.4) is 0 Å². The number of nitrogens with zero attached hydrogens (tertiary/aromatic N) is 3. The zero-order valence-corrected chi connectivity index (χ0v) is 19.3. The lowest BCUT2D eigenvalue weighted by molar-refractivity contribution is 0.0170. The molecule has 3 rings (SSSR count). The van der Waals surface area contributed by atoms with Crippen LogP contribution in [0.25, 0.3) is 0 Å². The van der Waals surface area contributed by atoms with Gasteiger partial charge in [0.2, 0.25) is 0 Å². The average molecular weight is 511 g/mol. The van der Waals surface area contributed by atoms with Gasteiger partial charge < -0.3 is 20.1 Å². The van der Waals surface area contributed by atoms with Gasteiger partial charge in [0.25, 0.3) is 0 Å². The summed E-state index contributed by atoms with van der Waals surface area (Å²) in [7, 11) is 3.47. The fourth-order valence-corrected chi connectivity index (χ4v) is 3.26. The molecule has 1 aliphatic rings. The zero-order valence-electron chi connectivity index (χ0n) is 17.0. The lowest BCUT2D eigenvalue weighted by Gasteiger charge is -2.35. The number of morpholine rings is 1. The van der Waals surface area contributed by atoms with Crippen molar-refractivity contribution < 1.29 is 9.47 Å². The molecule has 0 saturated carbocycles. The van der Waals surface area contributed by atoms with E-state index in [-0.39, 0.29) is 30.0 Å². The molecule has 8 heteroatoms. The number of hydrogen-bond acceptors (Lipinski definition) is 5. The van der Waals surface area contributed by atoms with Gasteiger partial charge in [0, 0.05) is 32.9 Å². The highest BCUT2D eigenvalue weighted by atomic mass is 127. The van der Waals surface area contributed by atoms with Gasteiger partial charge in [-0.1, -0.05) is 18.2 Å². The number of methoxy groups -OCH3 is 1. The molecule has 1 unspecified atom stereocenters. The number of hydrogen-bond donors (Lipinski definition) is 2. The molecule has 2 heterocycles. The van der Waals surface area contributed by atoms with Crippen LogP contribution in [-0.2, 0) is 11.3 Å². The quantitative estimate of drug-likeness (QED) is 0.338. The van der Waals surface area contributed by atoms with Crippen molar-refractivity contribution in [2.75, 3.05) is 47.0 Å². The van der Waals surface area contributed by atoms with Gasteiger partial charge in [0.15, 0.2) is 5.96 Å². The predicted molar refractivity (Wildman–Crippen MR) is 126 cm³/mol. The molecular weight excluding hydrogens is 481 g/mol. The summed E-state index contributed by atoms with van der Waals surface area (Å²) in [6.07, 6.45) is 1.80. The summed E-state index contributed by atoms with van der Waals surface area (Å²) in [6, 6.07) is 14.4. The van der Waals surface area contributed by atoms with Crippen LogP contribution in [0.5, 0.6) is 5.75 Å². The van der Waals surface area contributed by atoms with E-state index in [2.05, 4.69) is 37.6 Å². The number of ether oxygens (including phenoxy) is 2. The highest BCUT2D eigenvalue weighted by molar-refractivity contribution is 14.0. The fourth-order valence-electron chi connectivity index (χ4n) is 3.26. The molecule has 1 aromatic carbocycles. The topological polar surface area (TPSA) is 71.0 Å². The van der Waals surface area contributed by atoms with E-state index < -0.39 is 0 Å². The van der Waals surface area contributed by atoms with Gasteiger partial charge in [-0.3, -0.25) is 14.9 Å². The number of pyridine rings is 1. The van der Waals surface area contributed by atoms with Crippen LogP contribution in [0.2, 0.25) is 0 Å². The normalized spacial score (nSPS) is 15.9. The highest BCUT2D eigenvalue weighted by Crippen LogP contribution is 2.23. The largest absolute Gasteiger partial charge is 0.497 e. The summed E-state index contributed by atoms with van der Waals surface area (Å²) in [5, 5.41) is 6.79. The Bertz CT molecular complexity index is 736. The van der Waals surface area contributed by atoms with Gasteiger partial charge in [0.05, 0.1) is 38.6 Å². The van der Waals surface area contributed by atoms with E-state index in [1.165, 1.54) is 5.56 Å². The molecule has 29 heavy (non-hydrogen) atoms. The van der Waals surface area contributed by atoms with E-state index in [0.29, 0.717) is 6.54 Å². The van der Waals surface area contributed by atoms with Crippen molar-refractivity contribution >= 4 is 29.9 Å². The molecule has 0 aliphatic carbocycles. The van der Waals surface area contributed by atoms with E-state index in [9.17, 15) is 0 Å². The summed E-state index contributed by atoms with van der Waals surface area (Å²) in [6.45, 7) is 4.73. The maximum Gasteiger partial charge on any atom is 0.191 e. The van der Waals surface area contributed by atoms with Crippen LogP contribution < -0.4 is 15.4 Å². The number of halogens is 1. The van der Waals surface area contributed by atoms with Crippen molar-refractivity contribution in [3.05, 3.63) is 59.9 Å². The Labute approximate surface area is 189 Å². The number of guanidine groups is 1. The second-order valence-corrected chi connectivity index (χ2v) is 6.57. The average Bonchev–Trinajstić information content (AvgIpc) is 2.78. The monoisotopic (exact) mass is 511 g/mol. The van der Waals surface area contributed by atoms with Crippen molar-refractivity contribution in [2.45, 2.75) is 12.6 Å². The van der Waals surface area contributed by atoms with Crippen molar-refractivity contribution in [3.8, 4) is 5.75 Å². The van der Waals surface area contributed by atoms with Crippen LogP contribution >= 0.6 is 24.0 Å². The Hall–Kier alpha value is -1.91. The first-order valence-corrected chi connectivity index (χ1v) is 9.60. The van der Waals surface area contributed by atoms with Gasteiger partial charge >= 0.3 is 0 Å². The van der Waals surface area contributed by atoms with Crippen molar-refractivity contribution in [1.82, 2.24) is 20.5 Å². The Morgan fingerprint density at radius 1 is 1.17 bits per heavy atom. The molecule has 0 amide bonds. The number of benzene rings is 1. The zero-order chi connectivity index (χ0) is 19.6. The summed E-state index contributed by atoms with van der Waals surface area (Å²) in [5.74, 6) is 1.63. The third-order valence-electron chi connectivity index (χ3n) is 4.84. The maximum atomic E-state index is 5.53. The van der Waals surface area contributed by atoms with Crippen molar-refractivity contribution in [1.29, 1.82) is 0 Å². The van der Waals surface area contributed by atoms with Gasteiger partial charge in [-0.25, -0.2) is 0 Å².